The van der Waals surface area contributed by atoms with Gasteiger partial charge in [0.05, 0.1) is 9.40 Å². The molecule has 18 heavy (non-hydrogen) atoms. The second kappa shape index (κ2) is 5.62. The van der Waals surface area contributed by atoms with Crippen LogP contribution in [0.25, 0.3) is 0 Å². The molecular formula is C11H12BrFN2O3. The van der Waals surface area contributed by atoms with E-state index >= 15 is 0 Å². The van der Waals surface area contributed by atoms with E-state index in [4.69, 9.17) is 4.74 Å². The molecule has 1 aliphatic rings. The second-order valence-corrected chi connectivity index (χ2v) is 4.93. The van der Waals surface area contributed by atoms with Crippen molar-refractivity contribution in [1.82, 2.24) is 0 Å². The molecule has 0 amide bonds. The number of nitro groups is 1. The van der Waals surface area contributed by atoms with Gasteiger partial charge in [0.15, 0.2) is 0 Å². The zero-order chi connectivity index (χ0) is 13.1. The summed E-state index contributed by atoms with van der Waals surface area (Å²) in [5.74, 6) is -0.518. The lowest BCUT2D eigenvalue weighted by molar-refractivity contribution is -0.384. The Hall–Kier alpha value is -1.21. The predicted molar refractivity (Wildman–Crippen MR) is 68.2 cm³/mol. The summed E-state index contributed by atoms with van der Waals surface area (Å²) in [5.41, 5.74) is 0.0855. The Bertz CT molecular complexity index is 464. The molecule has 1 fully saturated rings. The highest BCUT2D eigenvalue weighted by atomic mass is 79.9. The first-order valence-electron chi connectivity index (χ1n) is 5.55. The Balaban J connectivity index is 2.24. The summed E-state index contributed by atoms with van der Waals surface area (Å²) in [6, 6.07) is 2.41. The maximum atomic E-state index is 13.4. The fourth-order valence-corrected chi connectivity index (χ4v) is 2.20. The Kier molecular flexibility index (Phi) is 4.13. The molecule has 1 saturated heterocycles. The van der Waals surface area contributed by atoms with Gasteiger partial charge in [-0.2, -0.15) is 0 Å². The molecule has 0 aliphatic carbocycles. The van der Waals surface area contributed by atoms with Crippen molar-refractivity contribution in [2.75, 3.05) is 18.5 Å². The molecule has 0 saturated carbocycles. The molecular weight excluding hydrogens is 307 g/mol. The van der Waals surface area contributed by atoms with Crippen molar-refractivity contribution in [3.05, 3.63) is 32.5 Å². The SMILES string of the molecule is O=[N+]([O-])c1cc(Br)c(F)cc1NC1CCOCC1. The number of hydrogen-bond donors (Lipinski definition) is 1. The van der Waals surface area contributed by atoms with Gasteiger partial charge in [-0.05, 0) is 28.8 Å². The van der Waals surface area contributed by atoms with Crippen LogP contribution in [-0.2, 0) is 4.74 Å². The largest absolute Gasteiger partial charge is 0.381 e. The standard InChI is InChI=1S/C11H12BrFN2O3/c12-8-5-11(15(16)17)10(6-9(8)13)14-7-1-3-18-4-2-7/h5-7,14H,1-4H2. The maximum absolute atomic E-state index is 13.4. The van der Waals surface area contributed by atoms with Gasteiger partial charge in [-0.25, -0.2) is 4.39 Å². The summed E-state index contributed by atoms with van der Waals surface area (Å²) in [7, 11) is 0. The van der Waals surface area contributed by atoms with Crippen molar-refractivity contribution in [3.8, 4) is 0 Å². The molecule has 0 aromatic heterocycles. The molecule has 1 aromatic carbocycles. The minimum absolute atomic E-state index is 0.0815. The number of nitrogens with zero attached hydrogens (tertiary/aromatic N) is 1. The van der Waals surface area contributed by atoms with Crippen molar-refractivity contribution < 1.29 is 14.1 Å². The molecule has 1 N–H and O–H groups in total. The molecule has 1 aromatic rings. The molecule has 98 valence electrons. The van der Waals surface area contributed by atoms with E-state index in [1.54, 1.807) is 0 Å². The average Bonchev–Trinajstić information content (AvgIpc) is 2.34. The van der Waals surface area contributed by atoms with Crippen LogP contribution in [0.4, 0.5) is 15.8 Å². The quantitative estimate of drug-likeness (QED) is 0.687. The number of halogens is 2. The molecule has 0 spiro atoms. The van der Waals surface area contributed by atoms with Crippen LogP contribution in [0.15, 0.2) is 16.6 Å². The maximum Gasteiger partial charge on any atom is 0.293 e. The summed E-state index contributed by atoms with van der Waals surface area (Å²) in [5, 5.41) is 13.9. The highest BCUT2D eigenvalue weighted by Crippen LogP contribution is 2.31. The number of ether oxygens (including phenoxy) is 1. The van der Waals surface area contributed by atoms with Crippen LogP contribution in [-0.4, -0.2) is 24.2 Å². The summed E-state index contributed by atoms with van der Waals surface area (Å²) >= 11 is 2.95. The van der Waals surface area contributed by atoms with Gasteiger partial charge in [0.1, 0.15) is 11.5 Å². The Morgan fingerprint density at radius 3 is 2.72 bits per heavy atom. The molecule has 0 unspecified atom stereocenters. The zero-order valence-electron chi connectivity index (χ0n) is 9.49. The molecule has 0 atom stereocenters. The average molecular weight is 319 g/mol. The van der Waals surface area contributed by atoms with Crippen molar-refractivity contribution in [2.24, 2.45) is 0 Å². The smallest absolute Gasteiger partial charge is 0.293 e. The van der Waals surface area contributed by atoms with Crippen LogP contribution in [0.5, 0.6) is 0 Å². The van der Waals surface area contributed by atoms with E-state index in [0.717, 1.165) is 18.9 Å². The second-order valence-electron chi connectivity index (χ2n) is 4.07. The first kappa shape index (κ1) is 13.2. The van der Waals surface area contributed by atoms with Gasteiger partial charge in [0.2, 0.25) is 0 Å². The lowest BCUT2D eigenvalue weighted by atomic mass is 10.1. The summed E-state index contributed by atoms with van der Waals surface area (Å²) in [6.45, 7) is 1.23. The van der Waals surface area contributed by atoms with Gasteiger partial charge in [-0.1, -0.05) is 0 Å². The Labute approximate surface area is 112 Å². The van der Waals surface area contributed by atoms with Gasteiger partial charge in [0.25, 0.3) is 5.69 Å². The Morgan fingerprint density at radius 2 is 2.11 bits per heavy atom. The Morgan fingerprint density at radius 1 is 1.44 bits per heavy atom. The van der Waals surface area contributed by atoms with E-state index in [-0.39, 0.29) is 21.9 Å². The van der Waals surface area contributed by atoms with Gasteiger partial charge < -0.3 is 10.1 Å². The number of nitrogens with one attached hydrogen (secondary N) is 1. The van der Waals surface area contributed by atoms with E-state index in [0.29, 0.717) is 13.2 Å². The molecule has 0 radical (unpaired) electrons. The number of benzene rings is 1. The summed E-state index contributed by atoms with van der Waals surface area (Å²) < 4.78 is 18.7. The third-order valence-corrected chi connectivity index (χ3v) is 3.42. The zero-order valence-corrected chi connectivity index (χ0v) is 11.1. The minimum atomic E-state index is -0.522. The van der Waals surface area contributed by atoms with Crippen LogP contribution < -0.4 is 5.32 Å². The molecule has 1 heterocycles. The third kappa shape index (κ3) is 2.97. The number of hydrogen-bond acceptors (Lipinski definition) is 4. The number of nitro benzene ring substituents is 1. The molecule has 2 rings (SSSR count). The van der Waals surface area contributed by atoms with Crippen LogP contribution in [0.1, 0.15) is 12.8 Å². The lowest BCUT2D eigenvalue weighted by Gasteiger charge is -2.24. The van der Waals surface area contributed by atoms with Gasteiger partial charge >= 0.3 is 0 Å². The van der Waals surface area contributed by atoms with E-state index < -0.39 is 10.7 Å². The minimum Gasteiger partial charge on any atom is -0.381 e. The summed E-state index contributed by atoms with van der Waals surface area (Å²) in [4.78, 5) is 10.4. The van der Waals surface area contributed by atoms with Gasteiger partial charge in [-0.3, -0.25) is 10.1 Å². The fraction of sp³-hybridized carbons (Fsp3) is 0.455. The van der Waals surface area contributed by atoms with Crippen molar-refractivity contribution >= 4 is 27.3 Å². The van der Waals surface area contributed by atoms with Gasteiger partial charge in [-0.15, -0.1) is 0 Å². The van der Waals surface area contributed by atoms with Gasteiger partial charge in [0, 0.05) is 31.4 Å². The van der Waals surface area contributed by atoms with Crippen molar-refractivity contribution in [3.63, 3.8) is 0 Å². The van der Waals surface area contributed by atoms with E-state index in [2.05, 4.69) is 21.2 Å². The first-order chi connectivity index (χ1) is 8.58. The molecule has 1 aliphatic heterocycles. The van der Waals surface area contributed by atoms with E-state index in [1.807, 2.05) is 0 Å². The van der Waals surface area contributed by atoms with Crippen LogP contribution in [0, 0.1) is 15.9 Å². The normalized spacial score (nSPS) is 16.6. The van der Waals surface area contributed by atoms with E-state index in [1.165, 1.54) is 6.07 Å². The monoisotopic (exact) mass is 318 g/mol. The first-order valence-corrected chi connectivity index (χ1v) is 6.35. The third-order valence-electron chi connectivity index (χ3n) is 2.82. The highest BCUT2D eigenvalue weighted by Gasteiger charge is 2.21. The van der Waals surface area contributed by atoms with Crippen LogP contribution in [0.2, 0.25) is 0 Å². The van der Waals surface area contributed by atoms with Crippen LogP contribution >= 0.6 is 15.9 Å². The topological polar surface area (TPSA) is 64.4 Å². The van der Waals surface area contributed by atoms with Crippen molar-refractivity contribution in [1.29, 1.82) is 0 Å². The number of rotatable bonds is 3. The molecule has 0 bridgehead atoms. The summed E-state index contributed by atoms with van der Waals surface area (Å²) in [6.07, 6.45) is 1.52. The predicted octanol–water partition coefficient (Wildman–Crippen LogP) is 3.09. The molecule has 7 heteroatoms. The lowest BCUT2D eigenvalue weighted by Crippen LogP contribution is -2.28. The molecule has 5 nitrogen and oxygen atoms in total. The van der Waals surface area contributed by atoms with Crippen LogP contribution in [0.3, 0.4) is 0 Å². The van der Waals surface area contributed by atoms with E-state index in [9.17, 15) is 14.5 Å². The van der Waals surface area contributed by atoms with Crippen molar-refractivity contribution in [2.45, 2.75) is 18.9 Å². The highest BCUT2D eigenvalue weighted by molar-refractivity contribution is 9.10. The number of anilines is 1. The fourth-order valence-electron chi connectivity index (χ4n) is 1.86.